The normalized spacial score (nSPS) is 14.1. The highest BCUT2D eigenvalue weighted by Gasteiger charge is 2.10. The van der Waals surface area contributed by atoms with E-state index in [1.54, 1.807) is 18.3 Å². The van der Waals surface area contributed by atoms with Gasteiger partial charge in [-0.05, 0) is 36.2 Å². The summed E-state index contributed by atoms with van der Waals surface area (Å²) in [7, 11) is 0. The van der Waals surface area contributed by atoms with Crippen LogP contribution >= 0.6 is 11.6 Å². The highest BCUT2D eigenvalue weighted by Crippen LogP contribution is 2.17. The van der Waals surface area contributed by atoms with Gasteiger partial charge < -0.3 is 10.4 Å². The Labute approximate surface area is 118 Å². The van der Waals surface area contributed by atoms with Crippen LogP contribution in [0.1, 0.15) is 30.2 Å². The molecule has 1 aromatic heterocycles. The number of benzene rings is 1. The second kappa shape index (κ2) is 6.66. The van der Waals surface area contributed by atoms with Crippen LogP contribution < -0.4 is 5.32 Å². The third-order valence-electron chi connectivity index (χ3n) is 3.06. The molecule has 3 nitrogen and oxygen atoms in total. The van der Waals surface area contributed by atoms with E-state index >= 15 is 0 Å². The molecule has 0 saturated carbocycles. The van der Waals surface area contributed by atoms with Gasteiger partial charge in [-0.15, -0.1) is 0 Å². The van der Waals surface area contributed by atoms with E-state index in [0.29, 0.717) is 11.6 Å². The first-order chi connectivity index (χ1) is 9.16. The number of halogens is 1. The Kier molecular flexibility index (Phi) is 4.91. The predicted molar refractivity (Wildman–Crippen MR) is 77.1 cm³/mol. The zero-order chi connectivity index (χ0) is 13.7. The van der Waals surface area contributed by atoms with Crippen molar-refractivity contribution >= 4 is 11.6 Å². The molecule has 0 fully saturated rings. The first-order valence-electron chi connectivity index (χ1n) is 6.23. The van der Waals surface area contributed by atoms with Crippen LogP contribution in [0.2, 0.25) is 5.02 Å². The molecule has 2 atom stereocenters. The standard InChI is InChI=1S/C15H17ClN2O/c1-11(13-3-2-8-17-9-13)18-10-15(19)12-4-6-14(16)7-5-12/h2-9,11,15,18-19H,10H2,1H3/t11-,15?/m0/s1. The zero-order valence-electron chi connectivity index (χ0n) is 10.8. The van der Waals surface area contributed by atoms with Crippen molar-refractivity contribution in [1.82, 2.24) is 10.3 Å². The van der Waals surface area contributed by atoms with Crippen molar-refractivity contribution in [2.75, 3.05) is 6.54 Å². The molecule has 0 radical (unpaired) electrons. The monoisotopic (exact) mass is 276 g/mol. The zero-order valence-corrected chi connectivity index (χ0v) is 11.5. The van der Waals surface area contributed by atoms with Gasteiger partial charge in [0.25, 0.3) is 0 Å². The highest BCUT2D eigenvalue weighted by molar-refractivity contribution is 6.30. The Hall–Kier alpha value is -1.42. The van der Waals surface area contributed by atoms with Gasteiger partial charge in [0.1, 0.15) is 0 Å². The number of pyridine rings is 1. The van der Waals surface area contributed by atoms with Crippen molar-refractivity contribution in [3.8, 4) is 0 Å². The molecular weight excluding hydrogens is 260 g/mol. The minimum Gasteiger partial charge on any atom is -0.387 e. The number of rotatable bonds is 5. The van der Waals surface area contributed by atoms with Gasteiger partial charge in [-0.25, -0.2) is 0 Å². The van der Waals surface area contributed by atoms with Crippen molar-refractivity contribution in [2.24, 2.45) is 0 Å². The third-order valence-corrected chi connectivity index (χ3v) is 3.31. The van der Waals surface area contributed by atoms with Crippen LogP contribution in [0.25, 0.3) is 0 Å². The van der Waals surface area contributed by atoms with E-state index in [9.17, 15) is 5.11 Å². The lowest BCUT2D eigenvalue weighted by Gasteiger charge is -2.17. The Morgan fingerprint density at radius 1 is 1.21 bits per heavy atom. The molecule has 0 amide bonds. The van der Waals surface area contributed by atoms with E-state index in [1.165, 1.54) is 0 Å². The predicted octanol–water partition coefficient (Wildman–Crippen LogP) is 3.12. The smallest absolute Gasteiger partial charge is 0.0914 e. The summed E-state index contributed by atoms with van der Waals surface area (Å²) >= 11 is 5.82. The van der Waals surface area contributed by atoms with Crippen molar-refractivity contribution in [3.05, 3.63) is 64.9 Å². The van der Waals surface area contributed by atoms with Gasteiger partial charge in [-0.2, -0.15) is 0 Å². The van der Waals surface area contributed by atoms with Crippen molar-refractivity contribution in [2.45, 2.75) is 19.1 Å². The van der Waals surface area contributed by atoms with Crippen LogP contribution in [-0.2, 0) is 0 Å². The van der Waals surface area contributed by atoms with E-state index in [1.807, 2.05) is 37.4 Å². The van der Waals surface area contributed by atoms with E-state index in [0.717, 1.165) is 11.1 Å². The summed E-state index contributed by atoms with van der Waals surface area (Å²) < 4.78 is 0. The van der Waals surface area contributed by atoms with Crippen LogP contribution in [0.4, 0.5) is 0 Å². The van der Waals surface area contributed by atoms with Crippen LogP contribution in [0, 0.1) is 0 Å². The molecule has 4 heteroatoms. The van der Waals surface area contributed by atoms with E-state index in [2.05, 4.69) is 10.3 Å². The number of aliphatic hydroxyl groups is 1. The molecule has 1 aromatic carbocycles. The summed E-state index contributed by atoms with van der Waals surface area (Å²) in [6, 6.07) is 11.3. The molecule has 2 rings (SSSR count). The largest absolute Gasteiger partial charge is 0.387 e. The lowest BCUT2D eigenvalue weighted by atomic mass is 10.1. The van der Waals surface area contributed by atoms with E-state index in [-0.39, 0.29) is 6.04 Å². The number of nitrogens with zero attached hydrogens (tertiary/aromatic N) is 1. The number of nitrogens with one attached hydrogen (secondary N) is 1. The minimum absolute atomic E-state index is 0.149. The van der Waals surface area contributed by atoms with Gasteiger partial charge in [0.15, 0.2) is 0 Å². The molecule has 0 saturated heterocycles. The molecule has 1 unspecified atom stereocenters. The van der Waals surface area contributed by atoms with Crippen LogP contribution in [-0.4, -0.2) is 16.6 Å². The fourth-order valence-electron chi connectivity index (χ4n) is 1.84. The van der Waals surface area contributed by atoms with Gasteiger partial charge >= 0.3 is 0 Å². The molecule has 0 spiro atoms. The van der Waals surface area contributed by atoms with Crippen LogP contribution in [0.5, 0.6) is 0 Å². The molecular formula is C15H17ClN2O. The van der Waals surface area contributed by atoms with E-state index < -0.39 is 6.10 Å². The highest BCUT2D eigenvalue weighted by atomic mass is 35.5. The van der Waals surface area contributed by atoms with Crippen LogP contribution in [0.3, 0.4) is 0 Å². The summed E-state index contributed by atoms with van der Waals surface area (Å²) in [5.41, 5.74) is 1.96. The first-order valence-corrected chi connectivity index (χ1v) is 6.61. The number of aliphatic hydroxyl groups excluding tert-OH is 1. The molecule has 0 bridgehead atoms. The Balaban J connectivity index is 1.90. The Morgan fingerprint density at radius 3 is 2.58 bits per heavy atom. The second-order valence-corrected chi connectivity index (χ2v) is 4.92. The number of hydrogen-bond acceptors (Lipinski definition) is 3. The summed E-state index contributed by atoms with van der Waals surface area (Å²) in [6.07, 6.45) is 3.03. The Morgan fingerprint density at radius 2 is 1.95 bits per heavy atom. The lowest BCUT2D eigenvalue weighted by molar-refractivity contribution is 0.171. The molecule has 1 heterocycles. The SMILES string of the molecule is C[C@H](NCC(O)c1ccc(Cl)cc1)c1cccnc1. The van der Waals surface area contributed by atoms with Crippen molar-refractivity contribution in [1.29, 1.82) is 0 Å². The summed E-state index contributed by atoms with van der Waals surface area (Å²) in [5.74, 6) is 0. The van der Waals surface area contributed by atoms with Gasteiger partial charge in [0.05, 0.1) is 6.10 Å². The summed E-state index contributed by atoms with van der Waals surface area (Å²) in [6.45, 7) is 2.53. The Bertz CT molecular complexity index is 501. The fraction of sp³-hybridized carbons (Fsp3) is 0.267. The van der Waals surface area contributed by atoms with Gasteiger partial charge in [-0.1, -0.05) is 29.8 Å². The first kappa shape index (κ1) is 14.0. The van der Waals surface area contributed by atoms with Gasteiger partial charge in [0.2, 0.25) is 0 Å². The lowest BCUT2D eigenvalue weighted by Crippen LogP contribution is -2.24. The fourth-order valence-corrected chi connectivity index (χ4v) is 1.97. The summed E-state index contributed by atoms with van der Waals surface area (Å²) in [5, 5.41) is 14.0. The molecule has 0 aliphatic carbocycles. The van der Waals surface area contributed by atoms with Crippen molar-refractivity contribution < 1.29 is 5.11 Å². The molecule has 0 aliphatic rings. The van der Waals surface area contributed by atoms with Crippen molar-refractivity contribution in [3.63, 3.8) is 0 Å². The average molecular weight is 277 g/mol. The average Bonchev–Trinajstić information content (AvgIpc) is 2.46. The molecule has 100 valence electrons. The van der Waals surface area contributed by atoms with Gasteiger partial charge in [0, 0.05) is 30.0 Å². The van der Waals surface area contributed by atoms with E-state index in [4.69, 9.17) is 11.6 Å². The quantitative estimate of drug-likeness (QED) is 0.882. The summed E-state index contributed by atoms with van der Waals surface area (Å²) in [4.78, 5) is 4.08. The van der Waals surface area contributed by atoms with Gasteiger partial charge in [-0.3, -0.25) is 4.98 Å². The third kappa shape index (κ3) is 4.03. The maximum Gasteiger partial charge on any atom is 0.0914 e. The molecule has 2 aromatic rings. The maximum absolute atomic E-state index is 10.1. The molecule has 2 N–H and O–H groups in total. The molecule has 19 heavy (non-hydrogen) atoms. The second-order valence-electron chi connectivity index (χ2n) is 4.48. The number of hydrogen-bond donors (Lipinski definition) is 2. The minimum atomic E-state index is -0.545. The molecule has 0 aliphatic heterocycles. The van der Waals surface area contributed by atoms with Crippen LogP contribution in [0.15, 0.2) is 48.8 Å². The maximum atomic E-state index is 10.1. The topological polar surface area (TPSA) is 45.1 Å². The number of aromatic nitrogens is 1.